The number of nitrogens with one attached hydrogen (secondary N) is 1. The molecule has 1 aromatic rings. The van der Waals surface area contributed by atoms with Gasteiger partial charge in [0.25, 0.3) is 10.0 Å². The van der Waals surface area contributed by atoms with Gasteiger partial charge in [0, 0.05) is 13.2 Å². The number of aliphatic hydroxyl groups excluding tert-OH is 1. The van der Waals surface area contributed by atoms with Crippen molar-refractivity contribution >= 4 is 16.3 Å². The summed E-state index contributed by atoms with van der Waals surface area (Å²) in [6.07, 6.45) is 1.81. The van der Waals surface area contributed by atoms with Crippen molar-refractivity contribution in [3.8, 4) is 0 Å². The molecule has 18 heavy (non-hydrogen) atoms. The second kappa shape index (κ2) is 6.67. The van der Waals surface area contributed by atoms with Crippen LogP contribution in [0.3, 0.4) is 0 Å². The minimum atomic E-state index is -3.69. The molecule has 0 bridgehead atoms. The molecular weight excluding hydrogens is 258 g/mol. The molecule has 6 nitrogen and oxygen atoms in total. The van der Waals surface area contributed by atoms with Gasteiger partial charge in [-0.3, -0.25) is 4.79 Å². The first kappa shape index (κ1) is 14.9. The van der Waals surface area contributed by atoms with E-state index in [2.05, 4.69) is 4.72 Å². The summed E-state index contributed by atoms with van der Waals surface area (Å²) in [5.74, 6) is 0.129. The Morgan fingerprint density at radius 2 is 2.22 bits per heavy atom. The summed E-state index contributed by atoms with van der Waals surface area (Å²) >= 11 is 0. The van der Waals surface area contributed by atoms with Crippen LogP contribution in [0.5, 0.6) is 0 Å². The van der Waals surface area contributed by atoms with Crippen LogP contribution < -0.4 is 4.72 Å². The number of aldehydes is 1. The van der Waals surface area contributed by atoms with E-state index in [9.17, 15) is 13.2 Å². The topological polar surface area (TPSA) is 96.6 Å². The number of hydrogen-bond acceptors (Lipinski definition) is 5. The van der Waals surface area contributed by atoms with Gasteiger partial charge in [0.15, 0.2) is 12.0 Å². The van der Waals surface area contributed by atoms with Crippen LogP contribution in [0.4, 0.5) is 0 Å². The smallest absolute Gasteiger partial charge is 0.273 e. The summed E-state index contributed by atoms with van der Waals surface area (Å²) in [6, 6.07) is 2.54. The standard InChI is InChI=1S/C11H17NO5S/c1-9(7-13)3-2-6-12-18(15,16)11-5-4-10(8-14)17-11/h4-5,8-9,12-13H,2-3,6-7H2,1H3. The molecule has 0 aliphatic rings. The van der Waals surface area contributed by atoms with Crippen molar-refractivity contribution in [2.45, 2.75) is 24.9 Å². The summed E-state index contributed by atoms with van der Waals surface area (Å²) in [7, 11) is -3.69. The van der Waals surface area contributed by atoms with Crippen molar-refractivity contribution in [2.24, 2.45) is 5.92 Å². The predicted molar refractivity (Wildman–Crippen MR) is 64.8 cm³/mol. The fourth-order valence-corrected chi connectivity index (χ4v) is 2.37. The second-order valence-corrected chi connectivity index (χ2v) is 5.80. The van der Waals surface area contributed by atoms with Crippen LogP contribution >= 0.6 is 0 Å². The molecule has 0 aliphatic carbocycles. The van der Waals surface area contributed by atoms with Crippen LogP contribution in [0, 0.1) is 5.92 Å². The average molecular weight is 275 g/mol. The van der Waals surface area contributed by atoms with Crippen LogP contribution in [0.15, 0.2) is 21.6 Å². The second-order valence-electron chi connectivity index (χ2n) is 4.10. The molecule has 102 valence electrons. The van der Waals surface area contributed by atoms with Gasteiger partial charge in [-0.25, -0.2) is 13.1 Å². The summed E-state index contributed by atoms with van der Waals surface area (Å²) in [5, 5.41) is 8.55. The lowest BCUT2D eigenvalue weighted by molar-refractivity contribution is 0.109. The predicted octanol–water partition coefficient (Wildman–Crippen LogP) is 0.779. The molecule has 2 N–H and O–H groups in total. The van der Waals surface area contributed by atoms with Gasteiger partial charge in [-0.05, 0) is 30.9 Å². The van der Waals surface area contributed by atoms with Crippen molar-refractivity contribution in [2.75, 3.05) is 13.2 Å². The highest BCUT2D eigenvalue weighted by Crippen LogP contribution is 2.12. The largest absolute Gasteiger partial charge is 0.440 e. The normalized spacial score (nSPS) is 13.4. The highest BCUT2D eigenvalue weighted by atomic mass is 32.2. The lowest BCUT2D eigenvalue weighted by Gasteiger charge is -2.07. The molecular formula is C11H17NO5S. The Kier molecular flexibility index (Phi) is 5.52. The van der Waals surface area contributed by atoms with Crippen LogP contribution in [-0.4, -0.2) is 33.0 Å². The number of carbonyl (C=O) groups is 1. The van der Waals surface area contributed by atoms with Crippen LogP contribution in [0.2, 0.25) is 0 Å². The molecule has 0 radical (unpaired) electrons. The average Bonchev–Trinajstić information content (AvgIpc) is 2.83. The van der Waals surface area contributed by atoms with Crippen molar-refractivity contribution in [3.63, 3.8) is 0 Å². The van der Waals surface area contributed by atoms with Crippen LogP contribution in [-0.2, 0) is 10.0 Å². The van der Waals surface area contributed by atoms with Gasteiger partial charge in [0.1, 0.15) is 0 Å². The number of furan rings is 1. The molecule has 1 aromatic heterocycles. The summed E-state index contributed by atoms with van der Waals surface area (Å²) < 4.78 is 30.6. The Morgan fingerprint density at radius 3 is 2.78 bits per heavy atom. The first-order valence-corrected chi connectivity index (χ1v) is 7.13. The number of aliphatic hydroxyl groups is 1. The molecule has 1 heterocycles. The van der Waals surface area contributed by atoms with Gasteiger partial charge in [-0.1, -0.05) is 6.92 Å². The molecule has 7 heteroatoms. The zero-order valence-corrected chi connectivity index (χ0v) is 10.9. The monoisotopic (exact) mass is 275 g/mol. The molecule has 0 saturated carbocycles. The first-order chi connectivity index (χ1) is 8.49. The number of rotatable bonds is 8. The molecule has 1 rings (SSSR count). The van der Waals surface area contributed by atoms with E-state index in [1.807, 2.05) is 6.92 Å². The molecule has 0 fully saturated rings. The molecule has 0 amide bonds. The maximum absolute atomic E-state index is 11.7. The third kappa shape index (κ3) is 4.25. The van der Waals surface area contributed by atoms with Crippen LogP contribution in [0.25, 0.3) is 0 Å². The van der Waals surface area contributed by atoms with Crippen molar-refractivity contribution in [1.82, 2.24) is 4.72 Å². The van der Waals surface area contributed by atoms with Gasteiger partial charge in [-0.15, -0.1) is 0 Å². The first-order valence-electron chi connectivity index (χ1n) is 5.65. The Hall–Kier alpha value is -1.18. The van der Waals surface area contributed by atoms with Gasteiger partial charge in [0.2, 0.25) is 5.09 Å². The Balaban J connectivity index is 2.47. The van der Waals surface area contributed by atoms with E-state index in [1.54, 1.807) is 0 Å². The summed E-state index contributed by atoms with van der Waals surface area (Å²) in [6.45, 7) is 2.24. The lowest BCUT2D eigenvalue weighted by atomic mass is 10.1. The van der Waals surface area contributed by atoms with E-state index >= 15 is 0 Å². The Bertz CT molecular complexity index is 479. The number of hydrogen-bond donors (Lipinski definition) is 2. The lowest BCUT2D eigenvalue weighted by Crippen LogP contribution is -2.24. The van der Waals surface area contributed by atoms with Crippen LogP contribution in [0.1, 0.15) is 30.3 Å². The maximum Gasteiger partial charge on any atom is 0.273 e. The molecule has 1 unspecified atom stereocenters. The third-order valence-corrected chi connectivity index (χ3v) is 3.79. The fourth-order valence-electron chi connectivity index (χ4n) is 1.36. The highest BCUT2D eigenvalue weighted by molar-refractivity contribution is 7.89. The molecule has 0 spiro atoms. The van der Waals surface area contributed by atoms with Gasteiger partial charge >= 0.3 is 0 Å². The van der Waals surface area contributed by atoms with Gasteiger partial charge in [-0.2, -0.15) is 0 Å². The number of sulfonamides is 1. The molecule has 0 aromatic carbocycles. The van der Waals surface area contributed by atoms with E-state index in [1.165, 1.54) is 12.1 Å². The van der Waals surface area contributed by atoms with Crippen molar-refractivity contribution < 1.29 is 22.7 Å². The molecule has 0 aliphatic heterocycles. The van der Waals surface area contributed by atoms with E-state index in [0.717, 1.165) is 6.42 Å². The Morgan fingerprint density at radius 1 is 1.50 bits per heavy atom. The van der Waals surface area contributed by atoms with E-state index in [-0.39, 0.29) is 29.9 Å². The molecule has 0 saturated heterocycles. The maximum atomic E-state index is 11.7. The zero-order chi connectivity index (χ0) is 13.6. The Labute approximate surface area is 106 Å². The minimum absolute atomic E-state index is 0.0238. The van der Waals surface area contributed by atoms with E-state index in [4.69, 9.17) is 9.52 Å². The van der Waals surface area contributed by atoms with Crippen molar-refractivity contribution in [3.05, 3.63) is 17.9 Å². The van der Waals surface area contributed by atoms with Gasteiger partial charge < -0.3 is 9.52 Å². The summed E-state index contributed by atoms with van der Waals surface area (Å²) in [4.78, 5) is 10.4. The van der Waals surface area contributed by atoms with Gasteiger partial charge in [0.05, 0.1) is 0 Å². The minimum Gasteiger partial charge on any atom is -0.440 e. The highest BCUT2D eigenvalue weighted by Gasteiger charge is 2.17. The summed E-state index contributed by atoms with van der Waals surface area (Å²) in [5.41, 5.74) is 0. The SMILES string of the molecule is CC(CO)CCCNS(=O)(=O)c1ccc(C=O)o1. The molecule has 1 atom stereocenters. The quantitative estimate of drug-likeness (QED) is 0.540. The van der Waals surface area contributed by atoms with E-state index < -0.39 is 10.0 Å². The van der Waals surface area contributed by atoms with Crippen molar-refractivity contribution in [1.29, 1.82) is 0 Å². The third-order valence-electron chi connectivity index (χ3n) is 2.46. The zero-order valence-electron chi connectivity index (χ0n) is 10.1. The fraction of sp³-hybridized carbons (Fsp3) is 0.545. The van der Waals surface area contributed by atoms with E-state index in [0.29, 0.717) is 12.7 Å². The number of carbonyl (C=O) groups excluding carboxylic acids is 1.